The van der Waals surface area contributed by atoms with Gasteiger partial charge >= 0.3 is 0 Å². The van der Waals surface area contributed by atoms with Crippen LogP contribution in [0.25, 0.3) is 0 Å². The number of hydrogen-bond acceptors (Lipinski definition) is 5. The Kier molecular flexibility index (Phi) is 4.11. The van der Waals surface area contributed by atoms with Gasteiger partial charge in [0.2, 0.25) is 0 Å². The van der Waals surface area contributed by atoms with Gasteiger partial charge in [0.25, 0.3) is 0 Å². The maximum absolute atomic E-state index is 5.92. The van der Waals surface area contributed by atoms with Gasteiger partial charge in [0.05, 0.1) is 11.7 Å². The highest BCUT2D eigenvalue weighted by Crippen LogP contribution is 2.30. The summed E-state index contributed by atoms with van der Waals surface area (Å²) in [5, 5.41) is 4.60. The highest BCUT2D eigenvalue weighted by Gasteiger charge is 2.25. The van der Waals surface area contributed by atoms with Gasteiger partial charge in [-0.15, -0.1) is 0 Å². The molecule has 15 heavy (non-hydrogen) atoms. The largest absolute Gasteiger partial charge is 0.363 e. The number of thioether (sulfide) groups is 1. The molecule has 0 aromatic carbocycles. The third-order valence-corrected chi connectivity index (χ3v) is 4.84. The van der Waals surface area contributed by atoms with Gasteiger partial charge in [-0.1, -0.05) is 24.4 Å². The third kappa shape index (κ3) is 2.77. The molecule has 1 N–H and O–H groups in total. The Hall–Kier alpha value is -0.0000000000000000555. The Morgan fingerprint density at radius 1 is 1.40 bits per heavy atom. The van der Waals surface area contributed by atoms with Gasteiger partial charge in [0.1, 0.15) is 0 Å². The number of nitrogens with zero attached hydrogens (tertiary/aromatic N) is 2. The fourth-order valence-electron chi connectivity index (χ4n) is 1.98. The van der Waals surface area contributed by atoms with Crippen LogP contribution in [0.2, 0.25) is 5.15 Å². The van der Waals surface area contributed by atoms with Crippen molar-refractivity contribution in [3.63, 3.8) is 0 Å². The number of aromatic nitrogens is 2. The summed E-state index contributed by atoms with van der Waals surface area (Å²) in [5.74, 6) is 0.757. The van der Waals surface area contributed by atoms with E-state index < -0.39 is 0 Å². The molecule has 1 aliphatic rings. The van der Waals surface area contributed by atoms with Crippen LogP contribution in [0.4, 0.5) is 5.82 Å². The van der Waals surface area contributed by atoms with Crippen molar-refractivity contribution in [2.24, 2.45) is 0 Å². The summed E-state index contributed by atoms with van der Waals surface area (Å²) in [6.45, 7) is 0. The maximum atomic E-state index is 5.92. The van der Waals surface area contributed by atoms with Crippen molar-refractivity contribution in [3.05, 3.63) is 5.15 Å². The minimum Gasteiger partial charge on any atom is -0.363 e. The van der Waals surface area contributed by atoms with E-state index in [1.807, 2.05) is 11.8 Å². The lowest BCUT2D eigenvalue weighted by molar-refractivity contribution is 0.474. The van der Waals surface area contributed by atoms with Gasteiger partial charge in [-0.05, 0) is 19.1 Å². The van der Waals surface area contributed by atoms with Crippen molar-refractivity contribution in [1.29, 1.82) is 0 Å². The quantitative estimate of drug-likeness (QED) is 0.908. The molecule has 2 unspecified atom stereocenters. The van der Waals surface area contributed by atoms with Gasteiger partial charge < -0.3 is 5.32 Å². The SMILES string of the molecule is CSC1CCCCC1Nc1nsnc1Cl. The van der Waals surface area contributed by atoms with E-state index >= 15 is 0 Å². The molecular formula is C9H14ClN3S2. The first-order valence-electron chi connectivity index (χ1n) is 5.08. The molecule has 84 valence electrons. The first-order valence-corrected chi connectivity index (χ1v) is 7.48. The summed E-state index contributed by atoms with van der Waals surface area (Å²) < 4.78 is 8.12. The van der Waals surface area contributed by atoms with Crippen molar-refractivity contribution >= 4 is 40.9 Å². The van der Waals surface area contributed by atoms with Crippen LogP contribution >= 0.6 is 35.1 Å². The van der Waals surface area contributed by atoms with E-state index in [-0.39, 0.29) is 0 Å². The molecule has 0 spiro atoms. The van der Waals surface area contributed by atoms with Crippen molar-refractivity contribution in [1.82, 2.24) is 8.75 Å². The second kappa shape index (κ2) is 5.37. The van der Waals surface area contributed by atoms with Gasteiger partial charge in [0, 0.05) is 11.3 Å². The lowest BCUT2D eigenvalue weighted by Crippen LogP contribution is -2.34. The number of hydrogen-bond donors (Lipinski definition) is 1. The molecule has 0 bridgehead atoms. The third-order valence-electron chi connectivity index (χ3n) is 2.78. The van der Waals surface area contributed by atoms with Gasteiger partial charge in [-0.2, -0.15) is 20.5 Å². The van der Waals surface area contributed by atoms with Gasteiger partial charge in [-0.3, -0.25) is 0 Å². The van der Waals surface area contributed by atoms with Crippen molar-refractivity contribution in [3.8, 4) is 0 Å². The summed E-state index contributed by atoms with van der Waals surface area (Å²) in [7, 11) is 0. The molecule has 2 rings (SSSR count). The molecular weight excluding hydrogens is 250 g/mol. The minimum atomic E-state index is 0.496. The molecule has 2 atom stereocenters. The van der Waals surface area contributed by atoms with Crippen molar-refractivity contribution < 1.29 is 0 Å². The molecule has 1 heterocycles. The van der Waals surface area contributed by atoms with Crippen LogP contribution in [0.5, 0.6) is 0 Å². The van der Waals surface area contributed by atoms with E-state index in [1.54, 1.807) is 0 Å². The zero-order chi connectivity index (χ0) is 10.7. The van der Waals surface area contributed by atoms with E-state index in [2.05, 4.69) is 20.3 Å². The molecule has 0 radical (unpaired) electrons. The molecule has 1 aromatic rings. The summed E-state index contributed by atoms with van der Waals surface area (Å²) in [6.07, 6.45) is 7.30. The number of anilines is 1. The molecule has 3 nitrogen and oxygen atoms in total. The zero-order valence-electron chi connectivity index (χ0n) is 8.57. The Morgan fingerprint density at radius 3 is 2.87 bits per heavy atom. The van der Waals surface area contributed by atoms with Gasteiger partial charge in [-0.25, -0.2) is 0 Å². The smallest absolute Gasteiger partial charge is 0.186 e. The van der Waals surface area contributed by atoms with Crippen LogP contribution in [0.15, 0.2) is 0 Å². The maximum Gasteiger partial charge on any atom is 0.186 e. The Labute approximate surface area is 103 Å². The summed E-state index contributed by atoms with van der Waals surface area (Å²) in [5.41, 5.74) is 0. The molecule has 0 aliphatic heterocycles. The normalized spacial score (nSPS) is 26.5. The number of rotatable bonds is 3. The van der Waals surface area contributed by atoms with Crippen LogP contribution < -0.4 is 5.32 Å². The topological polar surface area (TPSA) is 37.8 Å². The monoisotopic (exact) mass is 263 g/mol. The highest BCUT2D eigenvalue weighted by molar-refractivity contribution is 7.99. The fourth-order valence-corrected chi connectivity index (χ4v) is 3.58. The predicted molar refractivity (Wildman–Crippen MR) is 68.1 cm³/mol. The molecule has 0 amide bonds. The highest BCUT2D eigenvalue weighted by atomic mass is 35.5. The fraction of sp³-hybridized carbons (Fsp3) is 0.778. The molecule has 0 saturated heterocycles. The van der Waals surface area contributed by atoms with Crippen molar-refractivity contribution in [2.45, 2.75) is 37.0 Å². The number of nitrogens with one attached hydrogen (secondary N) is 1. The summed E-state index contributed by atoms with van der Waals surface area (Å²) in [4.78, 5) is 0. The molecule has 1 aromatic heterocycles. The summed E-state index contributed by atoms with van der Waals surface area (Å²) in [6, 6.07) is 0.496. The predicted octanol–water partition coefficient (Wildman–Crippen LogP) is 3.28. The minimum absolute atomic E-state index is 0.496. The zero-order valence-corrected chi connectivity index (χ0v) is 11.0. The summed E-state index contributed by atoms with van der Waals surface area (Å²) >= 11 is 9.01. The van der Waals surface area contributed by atoms with Crippen LogP contribution in [0, 0.1) is 0 Å². The van der Waals surface area contributed by atoms with E-state index in [0.717, 1.165) is 17.5 Å². The van der Waals surface area contributed by atoms with Crippen LogP contribution in [-0.4, -0.2) is 26.3 Å². The lowest BCUT2D eigenvalue weighted by Gasteiger charge is -2.30. The Balaban J connectivity index is 2.00. The average molecular weight is 264 g/mol. The second-order valence-corrected chi connectivity index (χ2v) is 5.68. The second-order valence-electron chi connectivity index (χ2n) is 3.71. The van der Waals surface area contributed by atoms with Crippen molar-refractivity contribution in [2.75, 3.05) is 11.6 Å². The molecule has 1 fully saturated rings. The molecule has 1 aliphatic carbocycles. The Bertz CT molecular complexity index is 318. The first-order chi connectivity index (χ1) is 7.31. The standard InChI is InChI=1S/C9H14ClN3S2/c1-14-7-5-3-2-4-6(7)11-9-8(10)12-15-13-9/h6-7H,2-5H2,1H3,(H,11,13). The lowest BCUT2D eigenvalue weighted by atomic mass is 9.95. The molecule has 6 heteroatoms. The Morgan fingerprint density at radius 2 is 2.20 bits per heavy atom. The van der Waals surface area contributed by atoms with Gasteiger partial charge in [0.15, 0.2) is 11.0 Å². The van der Waals surface area contributed by atoms with E-state index in [0.29, 0.717) is 16.4 Å². The first kappa shape index (κ1) is 11.5. The van der Waals surface area contributed by atoms with Crippen LogP contribution in [-0.2, 0) is 0 Å². The van der Waals surface area contributed by atoms with Crippen LogP contribution in [0.1, 0.15) is 25.7 Å². The van der Waals surface area contributed by atoms with E-state index in [9.17, 15) is 0 Å². The van der Waals surface area contributed by atoms with E-state index in [4.69, 9.17) is 11.6 Å². The number of halogens is 1. The van der Waals surface area contributed by atoms with Crippen LogP contribution in [0.3, 0.4) is 0 Å². The average Bonchev–Trinajstić information content (AvgIpc) is 2.65. The van der Waals surface area contributed by atoms with E-state index in [1.165, 1.54) is 25.7 Å². The molecule has 1 saturated carbocycles.